The van der Waals surface area contributed by atoms with Crippen LogP contribution in [0.25, 0.3) is 0 Å². The van der Waals surface area contributed by atoms with Gasteiger partial charge in [-0.3, -0.25) is 0 Å². The molecule has 0 saturated heterocycles. The van der Waals surface area contributed by atoms with Gasteiger partial charge in [0.15, 0.2) is 0 Å². The lowest BCUT2D eigenvalue weighted by Crippen LogP contribution is -2.50. The predicted octanol–water partition coefficient (Wildman–Crippen LogP) is 2.94. The number of nitrogens with one attached hydrogen (secondary N) is 1. The van der Waals surface area contributed by atoms with Gasteiger partial charge in [0.2, 0.25) is 5.96 Å². The van der Waals surface area contributed by atoms with E-state index in [9.17, 15) is 21.2 Å². The molecule has 1 N–H and O–H groups in total. The van der Waals surface area contributed by atoms with Crippen molar-refractivity contribution in [1.82, 2.24) is 4.31 Å². The first-order valence-corrected chi connectivity index (χ1v) is 11.5. The predicted molar refractivity (Wildman–Crippen MR) is 106 cm³/mol. The summed E-state index contributed by atoms with van der Waals surface area (Å²) >= 11 is 6.09. The second-order valence-corrected chi connectivity index (χ2v) is 10.00. The largest absolute Gasteiger partial charge is 0.361 e. The minimum absolute atomic E-state index is 0.0770. The zero-order valence-electron chi connectivity index (χ0n) is 15.5. The third-order valence-corrected chi connectivity index (χ3v) is 7.81. The van der Waals surface area contributed by atoms with E-state index in [1.807, 2.05) is 0 Å². The summed E-state index contributed by atoms with van der Waals surface area (Å²) < 4.78 is 74.3. The number of anilines is 1. The molecule has 0 aromatic heterocycles. The van der Waals surface area contributed by atoms with Crippen LogP contribution in [0.1, 0.15) is 12.5 Å². The van der Waals surface area contributed by atoms with E-state index in [0.717, 1.165) is 28.6 Å². The summed E-state index contributed by atoms with van der Waals surface area (Å²) in [4.78, 5) is -0.398. The number of sulfonamides is 2. The van der Waals surface area contributed by atoms with Crippen LogP contribution in [0, 0.1) is 12.7 Å². The second kappa shape index (κ2) is 7.56. The zero-order valence-corrected chi connectivity index (χ0v) is 17.9. The van der Waals surface area contributed by atoms with Gasteiger partial charge in [0, 0.05) is 12.1 Å². The summed E-state index contributed by atoms with van der Waals surface area (Å²) in [6, 6.07) is 6.74. The summed E-state index contributed by atoms with van der Waals surface area (Å²) in [7, 11) is -7.30. The van der Waals surface area contributed by atoms with Gasteiger partial charge in [-0.2, -0.15) is 8.42 Å². The Morgan fingerprint density at radius 1 is 1.24 bits per heavy atom. The van der Waals surface area contributed by atoms with Gasteiger partial charge in [-0.25, -0.2) is 17.1 Å². The molecular formula is C17H17ClFN3O5S2. The van der Waals surface area contributed by atoms with Crippen molar-refractivity contribution in [1.29, 1.82) is 0 Å². The van der Waals surface area contributed by atoms with Gasteiger partial charge in [-0.15, -0.1) is 4.40 Å². The second-order valence-electron chi connectivity index (χ2n) is 6.20. The molecule has 12 heteroatoms. The Bertz CT molecular complexity index is 1200. The normalized spacial score (nSPS) is 18.2. The van der Waals surface area contributed by atoms with Gasteiger partial charge >= 0.3 is 0 Å². The van der Waals surface area contributed by atoms with E-state index in [0.29, 0.717) is 10.6 Å². The number of benzene rings is 2. The van der Waals surface area contributed by atoms with Crippen LogP contribution in [0.4, 0.5) is 10.1 Å². The van der Waals surface area contributed by atoms with E-state index in [1.165, 1.54) is 26.2 Å². The van der Waals surface area contributed by atoms with E-state index in [1.54, 1.807) is 6.92 Å². The number of halogens is 2. The third-order valence-electron chi connectivity index (χ3n) is 4.24. The molecule has 3 rings (SSSR count). The van der Waals surface area contributed by atoms with Gasteiger partial charge in [-0.05, 0) is 55.8 Å². The number of fused-ring (bicyclic) bond motifs is 1. The molecule has 1 atom stereocenters. The summed E-state index contributed by atoms with van der Waals surface area (Å²) in [5, 5.41) is 2.99. The van der Waals surface area contributed by atoms with Crippen LogP contribution in [0.15, 0.2) is 50.6 Å². The van der Waals surface area contributed by atoms with Crippen LogP contribution in [0.5, 0.6) is 0 Å². The lowest BCUT2D eigenvalue weighted by molar-refractivity contribution is 0.0606. The lowest BCUT2D eigenvalue weighted by atomic mass is 10.2. The molecule has 1 unspecified atom stereocenters. The highest BCUT2D eigenvalue weighted by Gasteiger charge is 2.40. The Kier molecular flexibility index (Phi) is 5.60. The van der Waals surface area contributed by atoms with Crippen molar-refractivity contribution in [3.05, 3.63) is 52.8 Å². The highest BCUT2D eigenvalue weighted by atomic mass is 35.5. The number of nitrogens with zero attached hydrogens (tertiary/aromatic N) is 2. The Labute approximate surface area is 173 Å². The topological polar surface area (TPSA) is 105 Å². The molecule has 2 aromatic carbocycles. The maximum absolute atomic E-state index is 13.2. The smallest absolute Gasteiger partial charge is 0.285 e. The standard InChI is InChI=1S/C17H17ClFN3O5S2/c1-10-8-16-15(9-14(10)18)20-17(22(11(2)27-3)29(16,25)26)21-28(23,24)13-6-4-12(19)5-7-13/h4-9,11H,1-3H3,(H,20,21). The summed E-state index contributed by atoms with van der Waals surface area (Å²) in [5.41, 5.74) is 0.605. The molecule has 29 heavy (non-hydrogen) atoms. The average molecular weight is 462 g/mol. The maximum atomic E-state index is 13.2. The molecule has 0 saturated carbocycles. The van der Waals surface area contributed by atoms with Gasteiger partial charge in [0.1, 0.15) is 16.9 Å². The van der Waals surface area contributed by atoms with Crippen molar-refractivity contribution < 1.29 is 26.0 Å². The van der Waals surface area contributed by atoms with Crippen LogP contribution in [-0.2, 0) is 24.8 Å². The number of hydrogen-bond acceptors (Lipinski definition) is 5. The fraction of sp³-hybridized carbons (Fsp3) is 0.235. The van der Waals surface area contributed by atoms with Crippen molar-refractivity contribution >= 4 is 43.3 Å². The van der Waals surface area contributed by atoms with Crippen molar-refractivity contribution in [2.75, 3.05) is 12.4 Å². The fourth-order valence-electron chi connectivity index (χ4n) is 2.66. The summed E-state index contributed by atoms with van der Waals surface area (Å²) in [6.07, 6.45) is -1.07. The number of methoxy groups -OCH3 is 1. The first-order valence-electron chi connectivity index (χ1n) is 8.22. The molecule has 1 heterocycles. The quantitative estimate of drug-likeness (QED) is 0.750. The van der Waals surface area contributed by atoms with Crippen LogP contribution >= 0.6 is 11.6 Å². The first kappa shape index (κ1) is 21.5. The first-order chi connectivity index (χ1) is 13.5. The number of hydrogen-bond donors (Lipinski definition) is 1. The number of rotatable bonds is 4. The van der Waals surface area contributed by atoms with Crippen LogP contribution in [0.2, 0.25) is 5.02 Å². The average Bonchev–Trinajstić information content (AvgIpc) is 2.63. The summed E-state index contributed by atoms with van der Waals surface area (Å²) in [6.45, 7) is 3.07. The Balaban J connectivity index is 2.22. The Morgan fingerprint density at radius 2 is 1.86 bits per heavy atom. The number of guanidine groups is 1. The molecular weight excluding hydrogens is 445 g/mol. The Morgan fingerprint density at radius 3 is 2.45 bits per heavy atom. The third kappa shape index (κ3) is 3.95. The van der Waals surface area contributed by atoms with Crippen LogP contribution < -0.4 is 5.32 Å². The maximum Gasteiger partial charge on any atom is 0.285 e. The SMILES string of the molecule is COC(C)N1/C(=N/S(=O)(=O)c2ccc(F)cc2)Nc2cc(Cl)c(C)cc2S1(=O)=O. The minimum atomic E-state index is -4.36. The van der Waals surface area contributed by atoms with Gasteiger partial charge in [0.25, 0.3) is 20.0 Å². The zero-order chi connectivity index (χ0) is 21.6. The molecule has 1 aliphatic heterocycles. The van der Waals surface area contributed by atoms with E-state index < -0.39 is 38.1 Å². The molecule has 156 valence electrons. The number of aryl methyl sites for hydroxylation is 1. The Hall–Kier alpha value is -2.21. The fourth-order valence-corrected chi connectivity index (χ4v) is 5.54. The van der Waals surface area contributed by atoms with E-state index in [2.05, 4.69) is 9.71 Å². The van der Waals surface area contributed by atoms with E-state index in [-0.39, 0.29) is 15.5 Å². The molecule has 0 spiro atoms. The molecule has 0 fully saturated rings. The molecule has 8 nitrogen and oxygen atoms in total. The minimum Gasteiger partial charge on any atom is -0.361 e. The van der Waals surface area contributed by atoms with Crippen molar-refractivity contribution in [3.63, 3.8) is 0 Å². The van der Waals surface area contributed by atoms with Gasteiger partial charge in [-0.1, -0.05) is 11.6 Å². The molecule has 0 aliphatic carbocycles. The van der Waals surface area contributed by atoms with E-state index in [4.69, 9.17) is 16.3 Å². The van der Waals surface area contributed by atoms with Crippen LogP contribution in [-0.4, -0.2) is 40.4 Å². The van der Waals surface area contributed by atoms with Crippen molar-refractivity contribution in [2.45, 2.75) is 29.9 Å². The highest BCUT2D eigenvalue weighted by molar-refractivity contribution is 7.91. The molecule has 0 amide bonds. The van der Waals surface area contributed by atoms with Gasteiger partial charge < -0.3 is 10.1 Å². The van der Waals surface area contributed by atoms with Crippen LogP contribution in [0.3, 0.4) is 0 Å². The van der Waals surface area contributed by atoms with E-state index >= 15 is 0 Å². The monoisotopic (exact) mass is 461 g/mol. The molecule has 1 aliphatic rings. The number of ether oxygens (including phenoxy) is 1. The van der Waals surface area contributed by atoms with Crippen molar-refractivity contribution in [2.24, 2.45) is 4.40 Å². The molecule has 2 aromatic rings. The lowest BCUT2D eigenvalue weighted by Gasteiger charge is -2.35. The highest BCUT2D eigenvalue weighted by Crippen LogP contribution is 2.35. The molecule has 0 bridgehead atoms. The summed E-state index contributed by atoms with van der Waals surface area (Å²) in [5.74, 6) is -1.11. The van der Waals surface area contributed by atoms with Crippen molar-refractivity contribution in [3.8, 4) is 0 Å². The van der Waals surface area contributed by atoms with Gasteiger partial charge in [0.05, 0.1) is 10.6 Å². The molecule has 0 radical (unpaired) electrons.